The molecule has 0 radical (unpaired) electrons. The maximum Gasteiger partial charge on any atom is 0.194 e. The third kappa shape index (κ3) is 6.85. The number of rotatable bonds is 5. The molecule has 0 bridgehead atoms. The van der Waals surface area contributed by atoms with Crippen molar-refractivity contribution in [3.05, 3.63) is 34.9 Å². The largest absolute Gasteiger partial charge is 0.378 e. The molecule has 0 saturated carbocycles. The highest BCUT2D eigenvalue weighted by Crippen LogP contribution is 2.14. The number of piperidine rings is 1. The number of ether oxygens (including phenoxy) is 1. The van der Waals surface area contributed by atoms with Crippen molar-refractivity contribution in [2.75, 3.05) is 26.2 Å². The van der Waals surface area contributed by atoms with E-state index >= 15 is 0 Å². The summed E-state index contributed by atoms with van der Waals surface area (Å²) in [6.45, 7) is 8.51. The van der Waals surface area contributed by atoms with Crippen LogP contribution in [-0.4, -0.2) is 43.2 Å². The van der Waals surface area contributed by atoms with Crippen LogP contribution in [0.25, 0.3) is 0 Å². The number of hydrogen-bond acceptors (Lipinski definition) is 2. The first kappa shape index (κ1) is 20.5. The zero-order chi connectivity index (χ0) is 15.8. The number of aliphatic imine (C=N–C) groups is 1. The van der Waals surface area contributed by atoms with Crippen LogP contribution in [0.1, 0.15) is 32.3 Å². The van der Waals surface area contributed by atoms with Crippen molar-refractivity contribution in [3.63, 3.8) is 0 Å². The lowest BCUT2D eigenvalue weighted by molar-refractivity contribution is 0.0263. The highest BCUT2D eigenvalue weighted by molar-refractivity contribution is 14.0. The van der Waals surface area contributed by atoms with Crippen LogP contribution < -0.4 is 5.32 Å². The lowest BCUT2D eigenvalue weighted by Crippen LogP contribution is -2.47. The van der Waals surface area contributed by atoms with E-state index in [1.54, 1.807) is 0 Å². The van der Waals surface area contributed by atoms with Gasteiger partial charge in [0.15, 0.2) is 5.96 Å². The van der Waals surface area contributed by atoms with Crippen molar-refractivity contribution in [1.82, 2.24) is 10.2 Å². The van der Waals surface area contributed by atoms with Gasteiger partial charge >= 0.3 is 0 Å². The van der Waals surface area contributed by atoms with Gasteiger partial charge in [-0.3, -0.25) is 0 Å². The van der Waals surface area contributed by atoms with Crippen LogP contribution in [0.4, 0.5) is 0 Å². The Balaban J connectivity index is 0.00000264. The van der Waals surface area contributed by atoms with E-state index in [1.165, 1.54) is 5.56 Å². The summed E-state index contributed by atoms with van der Waals surface area (Å²) in [6, 6.07) is 7.87. The highest BCUT2D eigenvalue weighted by atomic mass is 127. The van der Waals surface area contributed by atoms with Gasteiger partial charge in [-0.05, 0) is 44.4 Å². The van der Waals surface area contributed by atoms with Gasteiger partial charge in [-0.2, -0.15) is 0 Å². The van der Waals surface area contributed by atoms with Crippen molar-refractivity contribution >= 4 is 41.5 Å². The van der Waals surface area contributed by atoms with E-state index in [0.29, 0.717) is 12.6 Å². The normalized spacial score (nSPS) is 16.1. The predicted molar refractivity (Wildman–Crippen MR) is 108 cm³/mol. The topological polar surface area (TPSA) is 36.9 Å². The van der Waals surface area contributed by atoms with E-state index in [0.717, 1.165) is 50.1 Å². The van der Waals surface area contributed by atoms with Crippen molar-refractivity contribution in [2.24, 2.45) is 4.99 Å². The average Bonchev–Trinajstić information content (AvgIpc) is 2.54. The molecule has 130 valence electrons. The Labute approximate surface area is 161 Å². The maximum atomic E-state index is 5.92. The molecule has 6 heteroatoms. The van der Waals surface area contributed by atoms with E-state index in [2.05, 4.69) is 24.1 Å². The van der Waals surface area contributed by atoms with Gasteiger partial charge in [-0.15, -0.1) is 24.0 Å². The molecule has 1 heterocycles. The zero-order valence-electron chi connectivity index (χ0n) is 13.9. The zero-order valence-corrected chi connectivity index (χ0v) is 17.0. The van der Waals surface area contributed by atoms with Crippen LogP contribution >= 0.6 is 35.6 Å². The van der Waals surface area contributed by atoms with Crippen molar-refractivity contribution < 1.29 is 4.74 Å². The van der Waals surface area contributed by atoms with E-state index in [9.17, 15) is 0 Å². The minimum atomic E-state index is 0. The standard InChI is InChI=1S/C17H26ClN3O.HI/c1-3-19-17(20-13-14-5-7-15(18)8-6-14)21-11-9-16(10-12-21)22-4-2;/h5-8,16H,3-4,9-13H2,1-2H3,(H,19,20);1H. The summed E-state index contributed by atoms with van der Waals surface area (Å²) in [5.41, 5.74) is 1.17. The summed E-state index contributed by atoms with van der Waals surface area (Å²) in [6.07, 6.45) is 2.54. The Kier molecular flexibility index (Phi) is 9.90. The molecule has 1 saturated heterocycles. The molecule has 2 rings (SSSR count). The third-order valence-corrected chi connectivity index (χ3v) is 4.06. The fraction of sp³-hybridized carbons (Fsp3) is 0.588. The molecule has 1 fully saturated rings. The van der Waals surface area contributed by atoms with Crippen molar-refractivity contribution in [1.29, 1.82) is 0 Å². The fourth-order valence-corrected chi connectivity index (χ4v) is 2.78. The van der Waals surface area contributed by atoms with Crippen LogP contribution in [0.3, 0.4) is 0 Å². The molecule has 0 aliphatic carbocycles. The summed E-state index contributed by atoms with van der Waals surface area (Å²) in [5.74, 6) is 0.993. The Hall–Kier alpha value is -0.530. The van der Waals surface area contributed by atoms with E-state index in [1.807, 2.05) is 24.3 Å². The first-order valence-electron chi connectivity index (χ1n) is 8.12. The maximum absolute atomic E-state index is 5.92. The van der Waals surface area contributed by atoms with Gasteiger partial charge in [-0.25, -0.2) is 4.99 Å². The molecule has 4 nitrogen and oxygen atoms in total. The Morgan fingerprint density at radius 3 is 2.48 bits per heavy atom. The van der Waals surface area contributed by atoms with Gasteiger partial charge < -0.3 is 15.0 Å². The van der Waals surface area contributed by atoms with Crippen molar-refractivity contribution in [2.45, 2.75) is 39.3 Å². The molecule has 0 unspecified atom stereocenters. The van der Waals surface area contributed by atoms with Crippen LogP contribution in [0.15, 0.2) is 29.3 Å². The number of likely N-dealkylation sites (tertiary alicyclic amines) is 1. The molecule has 0 spiro atoms. The van der Waals surface area contributed by atoms with Gasteiger partial charge in [-0.1, -0.05) is 23.7 Å². The fourth-order valence-electron chi connectivity index (χ4n) is 2.65. The number of halogens is 2. The molecule has 1 aromatic carbocycles. The first-order chi connectivity index (χ1) is 10.7. The second-order valence-corrected chi connectivity index (χ2v) is 5.87. The molecular weight excluding hydrogens is 425 g/mol. The smallest absolute Gasteiger partial charge is 0.194 e. The quantitative estimate of drug-likeness (QED) is 0.419. The van der Waals surface area contributed by atoms with Gasteiger partial charge in [0.1, 0.15) is 0 Å². The molecule has 1 N–H and O–H groups in total. The highest BCUT2D eigenvalue weighted by Gasteiger charge is 2.21. The molecule has 0 amide bonds. The van der Waals surface area contributed by atoms with Gasteiger partial charge in [0.05, 0.1) is 12.6 Å². The number of nitrogens with zero attached hydrogens (tertiary/aromatic N) is 2. The van der Waals surface area contributed by atoms with Crippen LogP contribution in [0.5, 0.6) is 0 Å². The second kappa shape index (κ2) is 11.1. The van der Waals surface area contributed by atoms with E-state index in [-0.39, 0.29) is 24.0 Å². The second-order valence-electron chi connectivity index (χ2n) is 5.44. The summed E-state index contributed by atoms with van der Waals surface area (Å²) in [5, 5.41) is 4.15. The van der Waals surface area contributed by atoms with Crippen LogP contribution in [0.2, 0.25) is 5.02 Å². The molecule has 0 atom stereocenters. The molecule has 0 aromatic heterocycles. The predicted octanol–water partition coefficient (Wildman–Crippen LogP) is 3.92. The molecular formula is C17H27ClIN3O. The SMILES string of the molecule is CCNC(=NCc1ccc(Cl)cc1)N1CCC(OCC)CC1.I. The van der Waals surface area contributed by atoms with Gasteiger partial charge in [0.2, 0.25) is 0 Å². The van der Waals surface area contributed by atoms with Crippen LogP contribution in [0, 0.1) is 0 Å². The number of nitrogens with one attached hydrogen (secondary N) is 1. The molecule has 1 aliphatic rings. The number of guanidine groups is 1. The van der Waals surface area contributed by atoms with Crippen molar-refractivity contribution in [3.8, 4) is 0 Å². The lowest BCUT2D eigenvalue weighted by Gasteiger charge is -2.34. The van der Waals surface area contributed by atoms with E-state index < -0.39 is 0 Å². The molecule has 1 aromatic rings. The minimum absolute atomic E-state index is 0. The first-order valence-corrected chi connectivity index (χ1v) is 8.50. The number of benzene rings is 1. The van der Waals surface area contributed by atoms with Crippen LogP contribution in [-0.2, 0) is 11.3 Å². The Bertz CT molecular complexity index is 473. The Morgan fingerprint density at radius 2 is 1.91 bits per heavy atom. The minimum Gasteiger partial charge on any atom is -0.378 e. The summed E-state index contributed by atoms with van der Waals surface area (Å²) in [4.78, 5) is 7.08. The van der Waals surface area contributed by atoms with Gasteiger partial charge in [0.25, 0.3) is 0 Å². The molecule has 23 heavy (non-hydrogen) atoms. The molecule has 1 aliphatic heterocycles. The number of hydrogen-bond donors (Lipinski definition) is 1. The average molecular weight is 452 g/mol. The third-order valence-electron chi connectivity index (χ3n) is 3.80. The Morgan fingerprint density at radius 1 is 1.26 bits per heavy atom. The monoisotopic (exact) mass is 451 g/mol. The van der Waals surface area contributed by atoms with E-state index in [4.69, 9.17) is 21.3 Å². The van der Waals surface area contributed by atoms with Gasteiger partial charge in [0, 0.05) is 31.3 Å². The summed E-state index contributed by atoms with van der Waals surface area (Å²) < 4.78 is 5.71. The summed E-state index contributed by atoms with van der Waals surface area (Å²) >= 11 is 5.92. The lowest BCUT2D eigenvalue weighted by atomic mass is 10.1. The summed E-state index contributed by atoms with van der Waals surface area (Å²) in [7, 11) is 0.